The van der Waals surface area contributed by atoms with Crippen LogP contribution in [0.4, 0.5) is 0 Å². The minimum atomic E-state index is -0.143. The number of likely N-dealkylation sites (tertiary alicyclic amines) is 1. The molecule has 3 aliphatic heterocycles. The number of nitrogens with zero attached hydrogens (tertiary/aromatic N) is 4. The summed E-state index contributed by atoms with van der Waals surface area (Å²) in [6.45, 7) is 2.97. The van der Waals surface area contributed by atoms with Gasteiger partial charge in [-0.3, -0.25) is 19.5 Å². The van der Waals surface area contributed by atoms with Gasteiger partial charge in [-0.1, -0.05) is 0 Å². The molecule has 2 unspecified atom stereocenters. The van der Waals surface area contributed by atoms with E-state index in [0.717, 1.165) is 67.3 Å². The van der Waals surface area contributed by atoms with Crippen molar-refractivity contribution >= 4 is 29.4 Å². The third kappa shape index (κ3) is 3.07. The van der Waals surface area contributed by atoms with E-state index in [1.807, 2.05) is 5.38 Å². The Morgan fingerprint density at radius 3 is 3.12 bits per heavy atom. The number of hydrogen-bond acceptors (Lipinski definition) is 8. The molecule has 2 atom stereocenters. The first-order valence-electron chi connectivity index (χ1n) is 8.92. The highest BCUT2D eigenvalue weighted by atomic mass is 32.1. The Morgan fingerprint density at radius 2 is 2.38 bits per heavy atom. The van der Waals surface area contributed by atoms with Gasteiger partial charge in [-0.25, -0.2) is 4.98 Å². The van der Waals surface area contributed by atoms with E-state index in [4.69, 9.17) is 4.74 Å². The monoisotopic (exact) mass is 374 g/mol. The standard InChI is InChI=1S/C18H22N4O3S/c1-25-18(24)14-3-2-5-21(14)9-12-7-15-13(11-23)8-20-16(22(15)10-12)17-19-4-6-26-17/h4,6,11-12,14H,2-3,5,7-10H2,1H3. The van der Waals surface area contributed by atoms with Crippen LogP contribution in [0, 0.1) is 5.92 Å². The van der Waals surface area contributed by atoms with Gasteiger partial charge in [0.15, 0.2) is 10.8 Å². The Kier molecular flexibility index (Phi) is 4.86. The van der Waals surface area contributed by atoms with Crippen molar-refractivity contribution in [2.75, 3.05) is 33.3 Å². The SMILES string of the molecule is COC(=O)C1CCCN1CC1CC2=C(C=O)CN=C(c3nccs3)N2C1. The molecule has 1 aromatic rings. The number of amidine groups is 1. The van der Waals surface area contributed by atoms with Gasteiger partial charge in [0.25, 0.3) is 0 Å². The van der Waals surface area contributed by atoms with Crippen LogP contribution in [-0.2, 0) is 14.3 Å². The van der Waals surface area contributed by atoms with Crippen LogP contribution in [0.3, 0.4) is 0 Å². The molecule has 4 rings (SSSR count). The number of thiazole rings is 1. The molecule has 3 aliphatic rings. The van der Waals surface area contributed by atoms with Crippen molar-refractivity contribution in [3.8, 4) is 0 Å². The first kappa shape index (κ1) is 17.4. The summed E-state index contributed by atoms with van der Waals surface area (Å²) in [6, 6.07) is -0.135. The molecule has 2 fully saturated rings. The molecule has 1 aromatic heterocycles. The smallest absolute Gasteiger partial charge is 0.323 e. The molecule has 8 heteroatoms. The van der Waals surface area contributed by atoms with E-state index in [2.05, 4.69) is 19.8 Å². The fraction of sp³-hybridized carbons (Fsp3) is 0.556. The number of ether oxygens (including phenoxy) is 1. The van der Waals surface area contributed by atoms with Crippen molar-refractivity contribution < 1.29 is 14.3 Å². The van der Waals surface area contributed by atoms with Crippen LogP contribution in [0.1, 0.15) is 24.3 Å². The normalized spacial score (nSPS) is 26.0. The minimum absolute atomic E-state index is 0.135. The van der Waals surface area contributed by atoms with Gasteiger partial charge in [-0.2, -0.15) is 0 Å². The summed E-state index contributed by atoms with van der Waals surface area (Å²) in [4.78, 5) is 36.9. The molecule has 0 amide bonds. The number of carbonyl (C=O) groups is 2. The fourth-order valence-electron chi connectivity index (χ4n) is 4.20. The van der Waals surface area contributed by atoms with Gasteiger partial charge in [-0.05, 0) is 31.7 Å². The second kappa shape index (κ2) is 7.28. The zero-order chi connectivity index (χ0) is 18.1. The summed E-state index contributed by atoms with van der Waals surface area (Å²) in [5.41, 5.74) is 1.83. The lowest BCUT2D eigenvalue weighted by molar-refractivity contribution is -0.146. The molecule has 7 nitrogen and oxygen atoms in total. The maximum atomic E-state index is 12.0. The zero-order valence-electron chi connectivity index (χ0n) is 14.8. The van der Waals surface area contributed by atoms with Crippen molar-refractivity contribution in [3.05, 3.63) is 27.9 Å². The number of esters is 1. The molecular formula is C18H22N4O3S. The number of rotatable bonds is 5. The summed E-state index contributed by atoms with van der Waals surface area (Å²) < 4.78 is 4.95. The molecule has 2 saturated heterocycles. The van der Waals surface area contributed by atoms with Crippen LogP contribution >= 0.6 is 11.3 Å². The van der Waals surface area contributed by atoms with Crippen LogP contribution in [0.15, 0.2) is 27.8 Å². The maximum absolute atomic E-state index is 12.0. The van der Waals surface area contributed by atoms with Gasteiger partial charge in [0, 0.05) is 35.9 Å². The molecule has 138 valence electrons. The molecular weight excluding hydrogens is 352 g/mol. The molecule has 0 radical (unpaired) electrons. The van der Waals surface area contributed by atoms with Gasteiger partial charge >= 0.3 is 5.97 Å². The lowest BCUT2D eigenvalue weighted by Gasteiger charge is -2.27. The first-order chi connectivity index (χ1) is 12.7. The topological polar surface area (TPSA) is 75.1 Å². The molecule has 0 aromatic carbocycles. The number of hydrogen-bond donors (Lipinski definition) is 0. The van der Waals surface area contributed by atoms with Crippen molar-refractivity contribution in [1.29, 1.82) is 0 Å². The lowest BCUT2D eigenvalue weighted by Crippen LogP contribution is -2.40. The van der Waals surface area contributed by atoms with E-state index in [1.165, 1.54) is 7.11 Å². The van der Waals surface area contributed by atoms with Crippen LogP contribution in [-0.4, -0.2) is 72.2 Å². The van der Waals surface area contributed by atoms with Gasteiger partial charge in [0.1, 0.15) is 12.3 Å². The number of carbonyl (C=O) groups excluding carboxylic acids is 2. The van der Waals surface area contributed by atoms with Crippen LogP contribution < -0.4 is 0 Å². The zero-order valence-corrected chi connectivity index (χ0v) is 15.6. The summed E-state index contributed by atoms with van der Waals surface area (Å²) in [6.07, 6.45) is 5.42. The van der Waals surface area contributed by atoms with Crippen molar-refractivity contribution in [3.63, 3.8) is 0 Å². The van der Waals surface area contributed by atoms with Crippen molar-refractivity contribution in [1.82, 2.24) is 14.8 Å². The maximum Gasteiger partial charge on any atom is 0.323 e. The lowest BCUT2D eigenvalue weighted by atomic mass is 10.0. The molecule has 0 saturated carbocycles. The van der Waals surface area contributed by atoms with Gasteiger partial charge in [-0.15, -0.1) is 11.3 Å². The Hall–Kier alpha value is -2.06. The van der Waals surface area contributed by atoms with Crippen LogP contribution in [0.25, 0.3) is 0 Å². The van der Waals surface area contributed by atoms with E-state index >= 15 is 0 Å². The summed E-state index contributed by atoms with van der Waals surface area (Å²) in [5, 5.41) is 2.83. The van der Waals surface area contributed by atoms with Crippen molar-refractivity contribution in [2.45, 2.75) is 25.3 Å². The average Bonchev–Trinajstić information content (AvgIpc) is 3.40. The third-order valence-electron chi connectivity index (χ3n) is 5.37. The van der Waals surface area contributed by atoms with E-state index in [1.54, 1.807) is 17.5 Å². The Morgan fingerprint density at radius 1 is 1.50 bits per heavy atom. The second-order valence-electron chi connectivity index (χ2n) is 6.92. The Bertz CT molecular complexity index is 758. The second-order valence-corrected chi connectivity index (χ2v) is 7.82. The molecule has 0 bridgehead atoms. The predicted octanol–water partition coefficient (Wildman–Crippen LogP) is 1.32. The number of allylic oxidation sites excluding steroid dienone is 1. The fourth-order valence-corrected chi connectivity index (χ4v) is 4.85. The predicted molar refractivity (Wildman–Crippen MR) is 98.0 cm³/mol. The summed E-state index contributed by atoms with van der Waals surface area (Å²) in [7, 11) is 1.45. The highest BCUT2D eigenvalue weighted by Gasteiger charge is 2.39. The number of methoxy groups -OCH3 is 1. The van der Waals surface area contributed by atoms with Crippen LogP contribution in [0.5, 0.6) is 0 Å². The molecule has 4 heterocycles. The molecule has 0 aliphatic carbocycles. The van der Waals surface area contributed by atoms with Crippen molar-refractivity contribution in [2.24, 2.45) is 10.9 Å². The number of aldehydes is 1. The average molecular weight is 374 g/mol. The Labute approximate surface area is 156 Å². The molecule has 26 heavy (non-hydrogen) atoms. The molecule has 0 N–H and O–H groups in total. The van der Waals surface area contributed by atoms with E-state index in [9.17, 15) is 9.59 Å². The van der Waals surface area contributed by atoms with E-state index < -0.39 is 0 Å². The molecule has 0 spiro atoms. The van der Waals surface area contributed by atoms with Gasteiger partial charge in [0.2, 0.25) is 0 Å². The van der Waals surface area contributed by atoms with Gasteiger partial charge in [0.05, 0.1) is 13.7 Å². The van der Waals surface area contributed by atoms with E-state index in [-0.39, 0.29) is 12.0 Å². The number of fused-ring (bicyclic) bond motifs is 1. The largest absolute Gasteiger partial charge is 0.468 e. The summed E-state index contributed by atoms with van der Waals surface area (Å²) >= 11 is 1.56. The number of aliphatic imine (C=N–C) groups is 1. The highest BCUT2D eigenvalue weighted by molar-refractivity contribution is 7.11. The third-order valence-corrected chi connectivity index (χ3v) is 6.14. The van der Waals surface area contributed by atoms with Crippen LogP contribution in [0.2, 0.25) is 0 Å². The Balaban J connectivity index is 1.52. The summed E-state index contributed by atoms with van der Waals surface area (Å²) in [5.74, 6) is 1.08. The minimum Gasteiger partial charge on any atom is -0.468 e. The number of aromatic nitrogens is 1. The quantitative estimate of drug-likeness (QED) is 0.572. The van der Waals surface area contributed by atoms with Gasteiger partial charge < -0.3 is 9.64 Å². The van der Waals surface area contributed by atoms with E-state index in [0.29, 0.717) is 12.5 Å². The highest BCUT2D eigenvalue weighted by Crippen LogP contribution is 2.35. The first-order valence-corrected chi connectivity index (χ1v) is 9.80.